The van der Waals surface area contributed by atoms with Gasteiger partial charge in [0.05, 0.1) is 25.3 Å². The molecular formula is C24H26N4O3. The summed E-state index contributed by atoms with van der Waals surface area (Å²) < 4.78 is 10.9. The summed E-state index contributed by atoms with van der Waals surface area (Å²) in [5.41, 5.74) is 2.82. The third-order valence-corrected chi connectivity index (χ3v) is 5.37. The van der Waals surface area contributed by atoms with Gasteiger partial charge in [-0.05, 0) is 43.5 Å². The van der Waals surface area contributed by atoms with Gasteiger partial charge in [0.25, 0.3) is 5.91 Å². The van der Waals surface area contributed by atoms with E-state index in [9.17, 15) is 4.79 Å². The van der Waals surface area contributed by atoms with E-state index in [1.54, 1.807) is 32.4 Å². The van der Waals surface area contributed by atoms with E-state index in [0.29, 0.717) is 35.1 Å². The fourth-order valence-corrected chi connectivity index (χ4v) is 3.89. The van der Waals surface area contributed by atoms with Gasteiger partial charge in [-0.2, -0.15) is 0 Å². The van der Waals surface area contributed by atoms with Crippen LogP contribution in [0.15, 0.2) is 49.1 Å². The summed E-state index contributed by atoms with van der Waals surface area (Å²) >= 11 is 0. The molecule has 1 amide bonds. The minimum absolute atomic E-state index is 0.281. The molecule has 1 N–H and O–H groups in total. The number of aromatic nitrogens is 2. The number of hydrogen-bond acceptors (Lipinski definition) is 6. The molecular weight excluding hydrogens is 392 g/mol. The van der Waals surface area contributed by atoms with Crippen LogP contribution in [-0.2, 0) is 6.42 Å². The second-order valence-electron chi connectivity index (χ2n) is 7.40. The lowest BCUT2D eigenvalue weighted by molar-refractivity contribution is 0.102. The average molecular weight is 418 g/mol. The molecule has 0 saturated carbocycles. The Balaban J connectivity index is 1.73. The Morgan fingerprint density at radius 2 is 1.84 bits per heavy atom. The van der Waals surface area contributed by atoms with Crippen molar-refractivity contribution >= 4 is 28.6 Å². The first kappa shape index (κ1) is 20.7. The van der Waals surface area contributed by atoms with Crippen LogP contribution in [0.25, 0.3) is 11.0 Å². The highest BCUT2D eigenvalue weighted by Crippen LogP contribution is 2.34. The quantitative estimate of drug-likeness (QED) is 0.579. The molecule has 0 unspecified atom stereocenters. The molecule has 0 atom stereocenters. The molecule has 1 aromatic heterocycles. The number of nitrogens with one attached hydrogen (secondary N) is 1. The molecule has 31 heavy (non-hydrogen) atoms. The first-order chi connectivity index (χ1) is 15.1. The van der Waals surface area contributed by atoms with Crippen molar-refractivity contribution in [2.24, 2.45) is 0 Å². The molecule has 7 heteroatoms. The summed E-state index contributed by atoms with van der Waals surface area (Å²) in [6.07, 6.45) is 4.51. The highest BCUT2D eigenvalue weighted by Gasteiger charge is 2.22. The van der Waals surface area contributed by atoms with Crippen molar-refractivity contribution in [1.82, 2.24) is 9.97 Å². The number of rotatable bonds is 7. The molecule has 0 radical (unpaired) electrons. The lowest BCUT2D eigenvalue weighted by Gasteiger charge is -2.20. The highest BCUT2D eigenvalue weighted by molar-refractivity contribution is 6.06. The van der Waals surface area contributed by atoms with Crippen molar-refractivity contribution in [2.45, 2.75) is 19.3 Å². The molecule has 0 aliphatic carbocycles. The molecule has 2 heterocycles. The van der Waals surface area contributed by atoms with Crippen molar-refractivity contribution in [3.05, 3.63) is 60.2 Å². The fourth-order valence-electron chi connectivity index (χ4n) is 3.89. The monoisotopic (exact) mass is 418 g/mol. The van der Waals surface area contributed by atoms with Crippen LogP contribution in [0.5, 0.6) is 11.5 Å². The Morgan fingerprint density at radius 1 is 1.13 bits per heavy atom. The predicted molar refractivity (Wildman–Crippen MR) is 122 cm³/mol. The molecule has 1 aliphatic heterocycles. The van der Waals surface area contributed by atoms with E-state index in [0.717, 1.165) is 42.5 Å². The summed E-state index contributed by atoms with van der Waals surface area (Å²) in [6.45, 7) is 5.59. The standard InChI is InChI=1S/C24H26N4O3/c1-4-9-16-14-17(15-20(30-2)21(16)31-3)24(29)27-22-23(28-12-7-8-13-28)26-19-11-6-5-10-18(19)25-22/h4-6,10-11,14-15H,1,7-9,12-13H2,2-3H3,(H,25,27,29). The van der Waals surface area contributed by atoms with Crippen LogP contribution in [0, 0.1) is 0 Å². The SMILES string of the molecule is C=CCc1cc(C(=O)Nc2nc3ccccc3nc2N2CCCC2)cc(OC)c1OC. The molecule has 3 aromatic rings. The number of allylic oxidation sites excluding steroid dienone is 1. The van der Waals surface area contributed by atoms with Crippen molar-refractivity contribution in [3.8, 4) is 11.5 Å². The van der Waals surface area contributed by atoms with Crippen LogP contribution in [0.4, 0.5) is 11.6 Å². The van der Waals surface area contributed by atoms with Gasteiger partial charge in [0, 0.05) is 24.2 Å². The lowest BCUT2D eigenvalue weighted by atomic mass is 10.0. The van der Waals surface area contributed by atoms with Gasteiger partial charge in [-0.3, -0.25) is 4.79 Å². The van der Waals surface area contributed by atoms with E-state index in [4.69, 9.17) is 19.4 Å². The van der Waals surface area contributed by atoms with Gasteiger partial charge in [0.2, 0.25) is 0 Å². The number of benzene rings is 2. The first-order valence-electron chi connectivity index (χ1n) is 10.3. The van der Waals surface area contributed by atoms with Gasteiger partial charge in [0.15, 0.2) is 23.1 Å². The zero-order valence-electron chi connectivity index (χ0n) is 17.9. The summed E-state index contributed by atoms with van der Waals surface area (Å²) in [5.74, 6) is 1.98. The first-order valence-corrected chi connectivity index (χ1v) is 10.3. The Labute approximate surface area is 181 Å². The zero-order valence-corrected chi connectivity index (χ0v) is 17.9. The minimum Gasteiger partial charge on any atom is -0.493 e. The molecule has 1 aliphatic rings. The van der Waals surface area contributed by atoms with Crippen molar-refractivity contribution in [1.29, 1.82) is 0 Å². The van der Waals surface area contributed by atoms with E-state index in [-0.39, 0.29) is 5.91 Å². The maximum absolute atomic E-state index is 13.2. The van der Waals surface area contributed by atoms with Crippen LogP contribution in [0.2, 0.25) is 0 Å². The molecule has 0 bridgehead atoms. The molecule has 1 fully saturated rings. The van der Waals surface area contributed by atoms with Gasteiger partial charge in [0.1, 0.15) is 0 Å². The number of hydrogen-bond donors (Lipinski definition) is 1. The molecule has 2 aromatic carbocycles. The number of carbonyl (C=O) groups excluding carboxylic acids is 1. The number of methoxy groups -OCH3 is 2. The average Bonchev–Trinajstić information content (AvgIpc) is 3.33. The number of ether oxygens (including phenoxy) is 2. The van der Waals surface area contributed by atoms with Gasteiger partial charge >= 0.3 is 0 Å². The minimum atomic E-state index is -0.281. The van der Waals surface area contributed by atoms with Crippen LogP contribution in [-0.4, -0.2) is 43.2 Å². The van der Waals surface area contributed by atoms with Crippen molar-refractivity contribution in [3.63, 3.8) is 0 Å². The molecule has 1 saturated heterocycles. The number of nitrogens with zero attached hydrogens (tertiary/aromatic N) is 3. The molecule has 7 nitrogen and oxygen atoms in total. The predicted octanol–water partition coefficient (Wildman–Crippen LogP) is 4.23. The van der Waals surface area contributed by atoms with Crippen LogP contribution >= 0.6 is 0 Å². The third kappa shape index (κ3) is 4.17. The van der Waals surface area contributed by atoms with Crippen LogP contribution < -0.4 is 19.7 Å². The topological polar surface area (TPSA) is 76.6 Å². The van der Waals surface area contributed by atoms with E-state index < -0.39 is 0 Å². The Kier molecular flexibility index (Phi) is 6.02. The third-order valence-electron chi connectivity index (χ3n) is 5.37. The summed E-state index contributed by atoms with van der Waals surface area (Å²) in [6, 6.07) is 11.1. The number of carbonyl (C=O) groups is 1. The maximum Gasteiger partial charge on any atom is 0.257 e. The number of anilines is 2. The summed E-state index contributed by atoms with van der Waals surface area (Å²) in [4.78, 5) is 24.9. The van der Waals surface area contributed by atoms with Crippen molar-refractivity contribution < 1.29 is 14.3 Å². The number of fused-ring (bicyclic) bond motifs is 1. The molecule has 4 rings (SSSR count). The molecule has 160 valence electrons. The van der Waals surface area contributed by atoms with Crippen LogP contribution in [0.3, 0.4) is 0 Å². The Bertz CT molecular complexity index is 1120. The second-order valence-corrected chi connectivity index (χ2v) is 7.40. The van der Waals surface area contributed by atoms with E-state index >= 15 is 0 Å². The van der Waals surface area contributed by atoms with E-state index in [1.165, 1.54) is 0 Å². The van der Waals surface area contributed by atoms with Gasteiger partial charge < -0.3 is 19.7 Å². The van der Waals surface area contributed by atoms with E-state index in [2.05, 4.69) is 16.8 Å². The maximum atomic E-state index is 13.2. The Morgan fingerprint density at radius 3 is 2.48 bits per heavy atom. The number of para-hydroxylation sites is 2. The van der Waals surface area contributed by atoms with Crippen LogP contribution in [0.1, 0.15) is 28.8 Å². The largest absolute Gasteiger partial charge is 0.493 e. The number of amides is 1. The van der Waals surface area contributed by atoms with E-state index in [1.807, 2.05) is 24.3 Å². The zero-order chi connectivity index (χ0) is 21.8. The highest BCUT2D eigenvalue weighted by atomic mass is 16.5. The smallest absolute Gasteiger partial charge is 0.257 e. The summed E-state index contributed by atoms with van der Waals surface area (Å²) in [5, 5.41) is 2.98. The summed E-state index contributed by atoms with van der Waals surface area (Å²) in [7, 11) is 3.13. The normalized spacial score (nSPS) is 13.3. The fraction of sp³-hybridized carbons (Fsp3) is 0.292. The lowest BCUT2D eigenvalue weighted by Crippen LogP contribution is -2.23. The van der Waals surface area contributed by atoms with Gasteiger partial charge in [-0.1, -0.05) is 18.2 Å². The second kappa shape index (κ2) is 9.04. The molecule has 0 spiro atoms. The van der Waals surface area contributed by atoms with Gasteiger partial charge in [-0.15, -0.1) is 6.58 Å². The Hall–Kier alpha value is -3.61. The van der Waals surface area contributed by atoms with Crippen molar-refractivity contribution in [2.75, 3.05) is 37.5 Å². The van der Waals surface area contributed by atoms with Gasteiger partial charge in [-0.25, -0.2) is 9.97 Å².